The molecule has 5 rings (SSSR count). The second kappa shape index (κ2) is 8.14. The Hall–Kier alpha value is -3.80. The zero-order valence-corrected chi connectivity index (χ0v) is 16.2. The largest absolute Gasteiger partial charge is 0.378 e. The summed E-state index contributed by atoms with van der Waals surface area (Å²) in [5, 5.41) is 2.92. The van der Waals surface area contributed by atoms with Crippen molar-refractivity contribution in [2.75, 3.05) is 36.5 Å². The zero-order chi connectivity index (χ0) is 21.2. The van der Waals surface area contributed by atoms with Gasteiger partial charge in [-0.15, -0.1) is 0 Å². The van der Waals surface area contributed by atoms with Crippen LogP contribution in [0, 0.1) is 0 Å². The fourth-order valence-corrected chi connectivity index (χ4v) is 3.28. The lowest BCUT2D eigenvalue weighted by Crippen LogP contribution is -2.37. The van der Waals surface area contributed by atoms with Gasteiger partial charge in [0.15, 0.2) is 5.82 Å². The van der Waals surface area contributed by atoms with Gasteiger partial charge in [0.25, 0.3) is 6.43 Å². The first-order valence-electron chi connectivity index (χ1n) is 9.58. The van der Waals surface area contributed by atoms with Gasteiger partial charge in [-0.25, -0.2) is 23.7 Å². The maximum atomic E-state index is 13.8. The fraction of sp³-hybridized carbons (Fsp3) is 0.263. The molecule has 0 aliphatic carbocycles. The zero-order valence-electron chi connectivity index (χ0n) is 16.2. The smallest absolute Gasteiger partial charge is 0.296 e. The van der Waals surface area contributed by atoms with Crippen LogP contribution in [-0.2, 0) is 4.74 Å². The molecule has 158 valence electrons. The van der Waals surface area contributed by atoms with Crippen molar-refractivity contribution in [3.8, 4) is 5.95 Å². The number of alkyl halides is 2. The van der Waals surface area contributed by atoms with Crippen molar-refractivity contribution in [2.45, 2.75) is 6.43 Å². The van der Waals surface area contributed by atoms with Gasteiger partial charge in [0.05, 0.1) is 24.2 Å². The molecule has 1 N–H and O–H groups in total. The van der Waals surface area contributed by atoms with Crippen LogP contribution in [0.5, 0.6) is 0 Å². The second-order valence-corrected chi connectivity index (χ2v) is 6.65. The predicted molar refractivity (Wildman–Crippen MR) is 108 cm³/mol. The van der Waals surface area contributed by atoms with E-state index in [2.05, 4.69) is 35.2 Å². The SMILES string of the molecule is FC(F)c1nc2ccccc2n1-c1nc(Nc2ncccn2)nc(N2CCOCC2)n1. The summed E-state index contributed by atoms with van der Waals surface area (Å²) in [4.78, 5) is 27.5. The third kappa shape index (κ3) is 3.84. The van der Waals surface area contributed by atoms with Crippen LogP contribution in [0.15, 0.2) is 42.7 Å². The molecule has 0 amide bonds. The molecule has 3 aromatic heterocycles. The van der Waals surface area contributed by atoms with Gasteiger partial charge in [-0.3, -0.25) is 9.88 Å². The van der Waals surface area contributed by atoms with E-state index in [4.69, 9.17) is 4.74 Å². The third-order valence-electron chi connectivity index (χ3n) is 4.68. The minimum absolute atomic E-state index is 0.0268. The Balaban J connectivity index is 1.66. The number of anilines is 3. The Morgan fingerprint density at radius 3 is 2.39 bits per heavy atom. The molecule has 4 aromatic rings. The Bertz CT molecular complexity index is 1200. The van der Waals surface area contributed by atoms with Crippen LogP contribution in [0.25, 0.3) is 17.0 Å². The summed E-state index contributed by atoms with van der Waals surface area (Å²) in [6.07, 6.45) is 0.321. The first kappa shape index (κ1) is 19.2. The number of hydrogen-bond acceptors (Lipinski definition) is 9. The fourth-order valence-electron chi connectivity index (χ4n) is 3.28. The highest BCUT2D eigenvalue weighted by molar-refractivity contribution is 5.77. The van der Waals surface area contributed by atoms with Crippen molar-refractivity contribution < 1.29 is 13.5 Å². The summed E-state index contributed by atoms with van der Waals surface area (Å²) in [7, 11) is 0. The van der Waals surface area contributed by atoms with E-state index in [9.17, 15) is 8.78 Å². The standard InChI is InChI=1S/C19H17F2N9O/c20-14(21)15-24-12-4-1-2-5-13(12)30(15)19-27-17(25-16-22-6-3-7-23-16)26-18(28-19)29-8-10-31-11-9-29/h1-7,14H,8-11H2,(H,22,23,25,26,27,28). The molecule has 1 aliphatic heterocycles. The van der Waals surface area contributed by atoms with Crippen LogP contribution < -0.4 is 10.2 Å². The van der Waals surface area contributed by atoms with Crippen molar-refractivity contribution in [3.63, 3.8) is 0 Å². The monoisotopic (exact) mass is 425 g/mol. The number of aromatic nitrogens is 7. The summed E-state index contributed by atoms with van der Waals surface area (Å²) in [5.74, 6) is 0.332. The maximum absolute atomic E-state index is 13.8. The van der Waals surface area contributed by atoms with E-state index in [1.165, 1.54) is 4.57 Å². The number of morpholine rings is 1. The molecule has 0 atom stereocenters. The van der Waals surface area contributed by atoms with E-state index in [0.717, 1.165) is 0 Å². The van der Waals surface area contributed by atoms with Crippen molar-refractivity contribution in [3.05, 3.63) is 48.5 Å². The van der Waals surface area contributed by atoms with Gasteiger partial charge in [-0.05, 0) is 18.2 Å². The molecular formula is C19H17F2N9O. The molecule has 31 heavy (non-hydrogen) atoms. The molecule has 0 spiro atoms. The lowest BCUT2D eigenvalue weighted by atomic mass is 10.3. The molecule has 0 radical (unpaired) electrons. The van der Waals surface area contributed by atoms with E-state index < -0.39 is 12.2 Å². The first-order chi connectivity index (χ1) is 15.2. The molecule has 1 saturated heterocycles. The van der Waals surface area contributed by atoms with Crippen molar-refractivity contribution in [1.82, 2.24) is 34.5 Å². The van der Waals surface area contributed by atoms with Crippen LogP contribution in [0.2, 0.25) is 0 Å². The van der Waals surface area contributed by atoms with Gasteiger partial charge in [-0.2, -0.15) is 15.0 Å². The normalized spacial score (nSPS) is 14.4. The molecule has 0 saturated carbocycles. The maximum Gasteiger partial charge on any atom is 0.296 e. The average molecular weight is 425 g/mol. The summed E-state index contributed by atoms with van der Waals surface area (Å²) < 4.78 is 34.3. The second-order valence-electron chi connectivity index (χ2n) is 6.65. The van der Waals surface area contributed by atoms with Gasteiger partial charge in [-0.1, -0.05) is 12.1 Å². The lowest BCUT2D eigenvalue weighted by molar-refractivity contribution is 0.122. The van der Waals surface area contributed by atoms with Crippen molar-refractivity contribution in [1.29, 1.82) is 0 Å². The molecule has 0 unspecified atom stereocenters. The highest BCUT2D eigenvalue weighted by Crippen LogP contribution is 2.27. The Morgan fingerprint density at radius 1 is 0.871 bits per heavy atom. The summed E-state index contributed by atoms with van der Waals surface area (Å²) in [6.45, 7) is 2.16. The van der Waals surface area contributed by atoms with Gasteiger partial charge < -0.3 is 9.64 Å². The minimum Gasteiger partial charge on any atom is -0.378 e. The number of fused-ring (bicyclic) bond motifs is 1. The van der Waals surface area contributed by atoms with Crippen LogP contribution in [-0.4, -0.2) is 60.8 Å². The number of hydrogen-bond donors (Lipinski definition) is 1. The third-order valence-corrected chi connectivity index (χ3v) is 4.68. The molecule has 0 bridgehead atoms. The number of para-hydroxylation sites is 2. The van der Waals surface area contributed by atoms with Gasteiger partial charge in [0.2, 0.25) is 23.8 Å². The van der Waals surface area contributed by atoms with Gasteiger partial charge in [0, 0.05) is 25.5 Å². The number of rotatable bonds is 5. The number of benzene rings is 1. The minimum atomic E-state index is -2.81. The molecule has 1 fully saturated rings. The first-order valence-corrected chi connectivity index (χ1v) is 9.58. The van der Waals surface area contributed by atoms with E-state index in [-0.39, 0.29) is 17.8 Å². The summed E-state index contributed by atoms with van der Waals surface area (Å²) >= 11 is 0. The number of nitrogens with zero attached hydrogens (tertiary/aromatic N) is 8. The van der Waals surface area contributed by atoms with Gasteiger partial charge >= 0.3 is 0 Å². The summed E-state index contributed by atoms with van der Waals surface area (Å²) in [5.41, 5.74) is 0.894. The molecule has 1 aromatic carbocycles. The van der Waals surface area contributed by atoms with Crippen LogP contribution in [0.4, 0.5) is 26.6 Å². The quantitative estimate of drug-likeness (QED) is 0.516. The van der Waals surface area contributed by atoms with Crippen LogP contribution in [0.1, 0.15) is 12.2 Å². The Morgan fingerprint density at radius 2 is 1.61 bits per heavy atom. The predicted octanol–water partition coefficient (Wildman–Crippen LogP) is 2.52. The Labute approximate surface area is 175 Å². The Kier molecular flexibility index (Phi) is 5.04. The molecule has 1 aliphatic rings. The van der Waals surface area contributed by atoms with Crippen molar-refractivity contribution in [2.24, 2.45) is 0 Å². The van der Waals surface area contributed by atoms with E-state index in [1.807, 2.05) is 4.90 Å². The molecule has 12 heteroatoms. The number of imidazole rings is 1. The van der Waals surface area contributed by atoms with E-state index in [0.29, 0.717) is 43.3 Å². The topological polar surface area (TPSA) is 107 Å². The highest BCUT2D eigenvalue weighted by Gasteiger charge is 2.24. The summed E-state index contributed by atoms with van der Waals surface area (Å²) in [6, 6.07) is 8.52. The average Bonchev–Trinajstić information content (AvgIpc) is 3.20. The van der Waals surface area contributed by atoms with E-state index >= 15 is 0 Å². The lowest BCUT2D eigenvalue weighted by Gasteiger charge is -2.27. The van der Waals surface area contributed by atoms with E-state index in [1.54, 1.807) is 42.7 Å². The van der Waals surface area contributed by atoms with Crippen LogP contribution in [0.3, 0.4) is 0 Å². The number of nitrogens with one attached hydrogen (secondary N) is 1. The van der Waals surface area contributed by atoms with Crippen molar-refractivity contribution >= 4 is 28.9 Å². The highest BCUT2D eigenvalue weighted by atomic mass is 19.3. The van der Waals surface area contributed by atoms with Gasteiger partial charge in [0.1, 0.15) is 0 Å². The van der Waals surface area contributed by atoms with Crippen LogP contribution >= 0.6 is 0 Å². The number of halogens is 2. The number of ether oxygens (including phenoxy) is 1. The molecular weight excluding hydrogens is 408 g/mol. The molecule has 10 nitrogen and oxygen atoms in total. The molecule has 4 heterocycles.